The molecule has 1 aromatic carbocycles. The van der Waals surface area contributed by atoms with E-state index in [9.17, 15) is 4.79 Å². The summed E-state index contributed by atoms with van der Waals surface area (Å²) in [6, 6.07) is 8.76. The van der Waals surface area contributed by atoms with Gasteiger partial charge in [0.1, 0.15) is 5.75 Å². The van der Waals surface area contributed by atoms with Crippen LogP contribution in [-0.2, 0) is 16.1 Å². The van der Waals surface area contributed by atoms with Gasteiger partial charge in [-0.05, 0) is 43.4 Å². The highest BCUT2D eigenvalue weighted by Crippen LogP contribution is 2.32. The number of rotatable bonds is 7. The fourth-order valence-corrected chi connectivity index (χ4v) is 4.91. The van der Waals surface area contributed by atoms with E-state index in [0.717, 1.165) is 51.2 Å². The van der Waals surface area contributed by atoms with E-state index in [1.54, 1.807) is 0 Å². The number of ether oxygens (including phenoxy) is 2. The standard InChI is InChI=1S/C24H35NO3/c1-24(16-27-17-24)18-28-22-13-7-8-19(14-22)15-25(21-11-5-6-12-21)23(26)20-9-3-2-4-10-20/h7-8,13-14,20-21H,2-6,9-12,15-18H2,1H3. The summed E-state index contributed by atoms with van der Waals surface area (Å²) in [4.78, 5) is 15.6. The summed E-state index contributed by atoms with van der Waals surface area (Å²) in [7, 11) is 0. The van der Waals surface area contributed by atoms with E-state index in [4.69, 9.17) is 9.47 Å². The molecule has 0 spiro atoms. The molecule has 3 fully saturated rings. The van der Waals surface area contributed by atoms with Crippen LogP contribution in [0.15, 0.2) is 24.3 Å². The van der Waals surface area contributed by atoms with Gasteiger partial charge in [0, 0.05) is 23.9 Å². The second-order valence-corrected chi connectivity index (χ2v) is 9.48. The Bertz CT molecular complexity index is 658. The SMILES string of the molecule is CC1(COc2cccc(CN(C(=O)C3CCCCC3)C3CCCC3)c2)COC1. The zero-order chi connectivity index (χ0) is 19.4. The van der Waals surface area contributed by atoms with E-state index in [1.807, 2.05) is 6.07 Å². The summed E-state index contributed by atoms with van der Waals surface area (Å²) in [6.45, 7) is 5.16. The Morgan fingerprint density at radius 3 is 2.50 bits per heavy atom. The summed E-state index contributed by atoms with van der Waals surface area (Å²) in [5, 5.41) is 0. The molecule has 2 aliphatic carbocycles. The van der Waals surface area contributed by atoms with Crippen LogP contribution in [0.5, 0.6) is 5.75 Å². The molecular formula is C24H35NO3. The maximum atomic E-state index is 13.4. The van der Waals surface area contributed by atoms with Crippen LogP contribution in [0.1, 0.15) is 70.3 Å². The average molecular weight is 386 g/mol. The van der Waals surface area contributed by atoms with Crippen molar-refractivity contribution in [3.8, 4) is 5.75 Å². The van der Waals surface area contributed by atoms with E-state index >= 15 is 0 Å². The van der Waals surface area contributed by atoms with Crippen molar-refractivity contribution in [3.63, 3.8) is 0 Å². The highest BCUT2D eigenvalue weighted by atomic mass is 16.5. The average Bonchev–Trinajstić information content (AvgIpc) is 3.24. The molecule has 0 unspecified atom stereocenters. The zero-order valence-electron chi connectivity index (χ0n) is 17.3. The van der Waals surface area contributed by atoms with E-state index in [-0.39, 0.29) is 11.3 Å². The van der Waals surface area contributed by atoms with Gasteiger partial charge >= 0.3 is 0 Å². The van der Waals surface area contributed by atoms with Crippen LogP contribution in [-0.4, -0.2) is 36.7 Å². The van der Waals surface area contributed by atoms with Gasteiger partial charge in [0.2, 0.25) is 5.91 Å². The Balaban J connectivity index is 1.43. The lowest BCUT2D eigenvalue weighted by atomic mass is 9.87. The molecule has 1 aromatic rings. The molecule has 28 heavy (non-hydrogen) atoms. The minimum absolute atomic E-state index is 0.142. The third-order valence-corrected chi connectivity index (χ3v) is 6.74. The zero-order valence-corrected chi connectivity index (χ0v) is 17.3. The third kappa shape index (κ3) is 4.71. The molecular weight excluding hydrogens is 350 g/mol. The van der Waals surface area contributed by atoms with Gasteiger partial charge in [0.25, 0.3) is 0 Å². The molecule has 154 valence electrons. The molecule has 4 rings (SSSR count). The van der Waals surface area contributed by atoms with Crippen LogP contribution in [0.3, 0.4) is 0 Å². The number of hydrogen-bond acceptors (Lipinski definition) is 3. The Hall–Kier alpha value is -1.55. The maximum absolute atomic E-state index is 13.4. The quantitative estimate of drug-likeness (QED) is 0.666. The molecule has 3 aliphatic rings. The van der Waals surface area contributed by atoms with Crippen molar-refractivity contribution in [2.24, 2.45) is 11.3 Å². The summed E-state index contributed by atoms with van der Waals surface area (Å²) in [5.74, 6) is 1.55. The van der Waals surface area contributed by atoms with Gasteiger partial charge in [-0.3, -0.25) is 4.79 Å². The summed E-state index contributed by atoms with van der Waals surface area (Å²) in [5.41, 5.74) is 1.33. The van der Waals surface area contributed by atoms with Crippen molar-refractivity contribution >= 4 is 5.91 Å². The van der Waals surface area contributed by atoms with Gasteiger partial charge in [0.15, 0.2) is 0 Å². The Morgan fingerprint density at radius 1 is 1.11 bits per heavy atom. The first-order valence-electron chi connectivity index (χ1n) is 11.2. The van der Waals surface area contributed by atoms with Crippen LogP contribution in [0.2, 0.25) is 0 Å². The molecule has 1 heterocycles. The van der Waals surface area contributed by atoms with E-state index < -0.39 is 0 Å². The molecule has 0 radical (unpaired) electrons. The second kappa shape index (κ2) is 8.86. The molecule has 0 atom stereocenters. The van der Waals surface area contributed by atoms with Gasteiger partial charge in [0.05, 0.1) is 19.8 Å². The smallest absolute Gasteiger partial charge is 0.226 e. The fourth-order valence-electron chi connectivity index (χ4n) is 4.91. The molecule has 1 aliphatic heterocycles. The number of benzene rings is 1. The number of amides is 1. The lowest BCUT2D eigenvalue weighted by Crippen LogP contribution is -2.44. The fraction of sp³-hybridized carbons (Fsp3) is 0.708. The van der Waals surface area contributed by atoms with Crippen molar-refractivity contribution in [2.75, 3.05) is 19.8 Å². The maximum Gasteiger partial charge on any atom is 0.226 e. The van der Waals surface area contributed by atoms with Gasteiger partial charge in [-0.1, -0.05) is 51.2 Å². The number of carbonyl (C=O) groups is 1. The molecule has 0 aromatic heterocycles. The van der Waals surface area contributed by atoms with Crippen molar-refractivity contribution in [2.45, 2.75) is 77.3 Å². The van der Waals surface area contributed by atoms with E-state index in [2.05, 4.69) is 30.0 Å². The first-order valence-corrected chi connectivity index (χ1v) is 11.2. The molecule has 1 amide bonds. The normalized spacial score (nSPS) is 22.6. The van der Waals surface area contributed by atoms with Gasteiger partial charge in [-0.2, -0.15) is 0 Å². The molecule has 2 saturated carbocycles. The minimum Gasteiger partial charge on any atom is -0.493 e. The Labute approximate surface area is 169 Å². The van der Waals surface area contributed by atoms with Crippen LogP contribution in [0.25, 0.3) is 0 Å². The highest BCUT2D eigenvalue weighted by molar-refractivity contribution is 5.79. The first kappa shape index (κ1) is 19.8. The summed E-state index contributed by atoms with van der Waals surface area (Å²) < 4.78 is 11.4. The number of nitrogens with zero attached hydrogens (tertiary/aromatic N) is 1. The van der Waals surface area contributed by atoms with Crippen LogP contribution in [0, 0.1) is 11.3 Å². The van der Waals surface area contributed by atoms with Gasteiger partial charge in [-0.15, -0.1) is 0 Å². The van der Waals surface area contributed by atoms with Crippen molar-refractivity contribution in [3.05, 3.63) is 29.8 Å². The molecule has 0 N–H and O–H groups in total. The second-order valence-electron chi connectivity index (χ2n) is 9.48. The molecule has 4 nitrogen and oxygen atoms in total. The monoisotopic (exact) mass is 385 g/mol. The topological polar surface area (TPSA) is 38.8 Å². The predicted octanol–water partition coefficient (Wildman–Crippen LogP) is 4.95. The van der Waals surface area contributed by atoms with Crippen molar-refractivity contribution < 1.29 is 14.3 Å². The number of carbonyl (C=O) groups excluding carboxylic acids is 1. The van der Waals surface area contributed by atoms with Crippen molar-refractivity contribution in [1.82, 2.24) is 4.90 Å². The van der Waals surface area contributed by atoms with Gasteiger partial charge < -0.3 is 14.4 Å². The lowest BCUT2D eigenvalue weighted by Gasteiger charge is -2.37. The largest absolute Gasteiger partial charge is 0.493 e. The van der Waals surface area contributed by atoms with Gasteiger partial charge in [-0.25, -0.2) is 0 Å². The van der Waals surface area contributed by atoms with Crippen LogP contribution < -0.4 is 4.74 Å². The first-order chi connectivity index (χ1) is 13.6. The van der Waals surface area contributed by atoms with Crippen LogP contribution >= 0.6 is 0 Å². The molecule has 0 bridgehead atoms. The predicted molar refractivity (Wildman–Crippen MR) is 110 cm³/mol. The Morgan fingerprint density at radius 2 is 1.82 bits per heavy atom. The molecule has 1 saturated heterocycles. The third-order valence-electron chi connectivity index (χ3n) is 6.74. The Kier molecular flexibility index (Phi) is 6.25. The summed E-state index contributed by atoms with van der Waals surface area (Å²) in [6.07, 6.45) is 10.7. The lowest BCUT2D eigenvalue weighted by molar-refractivity contribution is -0.139. The number of hydrogen-bond donors (Lipinski definition) is 0. The molecule has 4 heteroatoms. The van der Waals surface area contributed by atoms with E-state index in [0.29, 0.717) is 18.6 Å². The van der Waals surface area contributed by atoms with Crippen LogP contribution in [0.4, 0.5) is 0 Å². The van der Waals surface area contributed by atoms with Crippen molar-refractivity contribution in [1.29, 1.82) is 0 Å². The highest BCUT2D eigenvalue weighted by Gasteiger charge is 2.34. The minimum atomic E-state index is 0.142. The summed E-state index contributed by atoms with van der Waals surface area (Å²) >= 11 is 0. The van der Waals surface area contributed by atoms with E-state index in [1.165, 1.54) is 37.7 Å².